The summed E-state index contributed by atoms with van der Waals surface area (Å²) in [4.78, 5) is 15.8. The van der Waals surface area contributed by atoms with Gasteiger partial charge in [-0.2, -0.15) is 0 Å². The van der Waals surface area contributed by atoms with Crippen LogP contribution in [0.25, 0.3) is 10.9 Å². The van der Waals surface area contributed by atoms with Crippen LogP contribution in [-0.4, -0.2) is 21.2 Å². The second-order valence-electron chi connectivity index (χ2n) is 5.78. The molecule has 0 unspecified atom stereocenters. The van der Waals surface area contributed by atoms with Gasteiger partial charge in [0.15, 0.2) is 0 Å². The number of carboxylic acids is 1. The standard InChI is InChI=1S/C19H18N2O3/c1-11-7-8-17(22)16(9-11)21-19-13-5-3-4-6-15(13)20-12(2)14(19)10-18(23)24/h3-9,22H,10H2,1-2H3,(H,20,21)(H,23,24). The highest BCUT2D eigenvalue weighted by Crippen LogP contribution is 2.34. The third-order valence-corrected chi connectivity index (χ3v) is 3.94. The zero-order valence-corrected chi connectivity index (χ0v) is 13.5. The molecule has 2 aromatic carbocycles. The number of aromatic hydroxyl groups is 1. The molecule has 5 nitrogen and oxygen atoms in total. The number of rotatable bonds is 4. The summed E-state index contributed by atoms with van der Waals surface area (Å²) in [7, 11) is 0. The van der Waals surface area contributed by atoms with Crippen LogP contribution < -0.4 is 5.32 Å². The van der Waals surface area contributed by atoms with Crippen molar-refractivity contribution in [1.29, 1.82) is 0 Å². The van der Waals surface area contributed by atoms with Crippen LogP contribution in [0.4, 0.5) is 11.4 Å². The third-order valence-electron chi connectivity index (χ3n) is 3.94. The van der Waals surface area contributed by atoms with Gasteiger partial charge < -0.3 is 15.5 Å². The molecule has 0 aliphatic heterocycles. The first-order valence-electron chi connectivity index (χ1n) is 7.62. The number of hydrogen-bond acceptors (Lipinski definition) is 4. The zero-order chi connectivity index (χ0) is 17.3. The van der Waals surface area contributed by atoms with Crippen molar-refractivity contribution in [3.8, 4) is 5.75 Å². The number of carboxylic acid groups (broad SMARTS) is 1. The Morgan fingerprint density at radius 2 is 1.92 bits per heavy atom. The summed E-state index contributed by atoms with van der Waals surface area (Å²) in [5.41, 5.74) is 4.25. The normalized spacial score (nSPS) is 10.8. The minimum absolute atomic E-state index is 0.112. The molecule has 122 valence electrons. The Bertz CT molecular complexity index is 935. The fourth-order valence-corrected chi connectivity index (χ4v) is 2.77. The molecule has 0 spiro atoms. The number of phenols is 1. The number of nitrogens with zero attached hydrogens (tertiary/aromatic N) is 1. The molecule has 5 heteroatoms. The van der Waals surface area contributed by atoms with E-state index in [9.17, 15) is 15.0 Å². The quantitative estimate of drug-likeness (QED) is 0.634. The van der Waals surface area contributed by atoms with E-state index in [-0.39, 0.29) is 12.2 Å². The number of phenolic OH excluding ortho intramolecular Hbond substituents is 1. The van der Waals surface area contributed by atoms with Crippen LogP contribution in [0.5, 0.6) is 5.75 Å². The highest BCUT2D eigenvalue weighted by molar-refractivity contribution is 5.97. The molecule has 0 amide bonds. The van der Waals surface area contributed by atoms with Gasteiger partial charge in [0.05, 0.1) is 23.3 Å². The van der Waals surface area contributed by atoms with Crippen molar-refractivity contribution in [3.05, 3.63) is 59.3 Å². The van der Waals surface area contributed by atoms with Gasteiger partial charge in [-0.15, -0.1) is 0 Å². The Morgan fingerprint density at radius 3 is 2.67 bits per heavy atom. The SMILES string of the molecule is Cc1ccc(O)c(Nc2c(CC(=O)O)c(C)nc3ccccc23)c1. The summed E-state index contributed by atoms with van der Waals surface area (Å²) < 4.78 is 0. The number of anilines is 2. The van der Waals surface area contributed by atoms with Crippen LogP contribution in [-0.2, 0) is 11.2 Å². The number of aromatic nitrogens is 1. The van der Waals surface area contributed by atoms with Crippen molar-refractivity contribution >= 4 is 28.2 Å². The monoisotopic (exact) mass is 322 g/mol. The van der Waals surface area contributed by atoms with E-state index in [4.69, 9.17) is 0 Å². The predicted molar refractivity (Wildman–Crippen MR) is 93.9 cm³/mol. The lowest BCUT2D eigenvalue weighted by atomic mass is 10.0. The van der Waals surface area contributed by atoms with E-state index < -0.39 is 5.97 Å². The van der Waals surface area contributed by atoms with E-state index in [0.29, 0.717) is 22.6 Å². The zero-order valence-electron chi connectivity index (χ0n) is 13.5. The fraction of sp³-hybridized carbons (Fsp3) is 0.158. The molecular weight excluding hydrogens is 304 g/mol. The van der Waals surface area contributed by atoms with Gasteiger partial charge in [-0.25, -0.2) is 0 Å². The molecule has 1 heterocycles. The van der Waals surface area contributed by atoms with Gasteiger partial charge in [-0.1, -0.05) is 24.3 Å². The number of hydrogen-bond donors (Lipinski definition) is 3. The number of para-hydroxylation sites is 1. The molecule has 0 atom stereocenters. The van der Waals surface area contributed by atoms with Crippen molar-refractivity contribution in [3.63, 3.8) is 0 Å². The van der Waals surface area contributed by atoms with Crippen molar-refractivity contribution in [2.24, 2.45) is 0 Å². The minimum atomic E-state index is -0.924. The minimum Gasteiger partial charge on any atom is -0.506 e. The summed E-state index contributed by atoms with van der Waals surface area (Å²) in [5, 5.41) is 23.4. The smallest absolute Gasteiger partial charge is 0.307 e. The summed E-state index contributed by atoms with van der Waals surface area (Å²) >= 11 is 0. The Hall–Kier alpha value is -3.08. The van der Waals surface area contributed by atoms with E-state index >= 15 is 0 Å². The molecule has 0 saturated carbocycles. The lowest BCUT2D eigenvalue weighted by molar-refractivity contribution is -0.136. The van der Waals surface area contributed by atoms with E-state index in [1.165, 1.54) is 0 Å². The van der Waals surface area contributed by atoms with Gasteiger partial charge in [0.25, 0.3) is 0 Å². The molecule has 0 saturated heterocycles. The van der Waals surface area contributed by atoms with Gasteiger partial charge in [-0.3, -0.25) is 9.78 Å². The number of pyridine rings is 1. The van der Waals surface area contributed by atoms with Gasteiger partial charge in [0.1, 0.15) is 5.75 Å². The lowest BCUT2D eigenvalue weighted by Crippen LogP contribution is -2.08. The van der Waals surface area contributed by atoms with E-state index in [2.05, 4.69) is 10.3 Å². The topological polar surface area (TPSA) is 82.5 Å². The van der Waals surface area contributed by atoms with Gasteiger partial charge in [-0.05, 0) is 37.6 Å². The molecule has 3 rings (SSSR count). The first-order valence-corrected chi connectivity index (χ1v) is 7.62. The molecule has 3 aromatic rings. The average molecular weight is 322 g/mol. The van der Waals surface area contributed by atoms with E-state index in [0.717, 1.165) is 16.5 Å². The number of aryl methyl sites for hydroxylation is 2. The fourth-order valence-electron chi connectivity index (χ4n) is 2.77. The van der Waals surface area contributed by atoms with Crippen molar-refractivity contribution in [2.45, 2.75) is 20.3 Å². The van der Waals surface area contributed by atoms with Crippen LogP contribution >= 0.6 is 0 Å². The van der Waals surface area contributed by atoms with Crippen molar-refractivity contribution in [2.75, 3.05) is 5.32 Å². The molecule has 3 N–H and O–H groups in total. The van der Waals surface area contributed by atoms with Crippen LogP contribution in [0, 0.1) is 13.8 Å². The highest BCUT2D eigenvalue weighted by atomic mass is 16.4. The number of aliphatic carboxylic acids is 1. The van der Waals surface area contributed by atoms with Gasteiger partial charge in [0.2, 0.25) is 0 Å². The molecule has 0 aliphatic rings. The Morgan fingerprint density at radius 1 is 1.17 bits per heavy atom. The number of nitrogens with one attached hydrogen (secondary N) is 1. The number of benzene rings is 2. The molecule has 1 aromatic heterocycles. The second kappa shape index (κ2) is 6.20. The van der Waals surface area contributed by atoms with Crippen molar-refractivity contribution in [1.82, 2.24) is 4.98 Å². The van der Waals surface area contributed by atoms with Gasteiger partial charge in [0, 0.05) is 16.6 Å². The van der Waals surface area contributed by atoms with Crippen molar-refractivity contribution < 1.29 is 15.0 Å². The summed E-state index contributed by atoms with van der Waals surface area (Å²) in [6.07, 6.45) is -0.140. The largest absolute Gasteiger partial charge is 0.506 e. The van der Waals surface area contributed by atoms with E-state index in [1.54, 1.807) is 13.0 Å². The second-order valence-corrected chi connectivity index (χ2v) is 5.78. The Labute approximate surface area is 139 Å². The average Bonchev–Trinajstić information content (AvgIpc) is 2.53. The van der Waals surface area contributed by atoms with Crippen LogP contribution in [0.15, 0.2) is 42.5 Å². The molecular formula is C19H18N2O3. The maximum Gasteiger partial charge on any atom is 0.307 e. The lowest BCUT2D eigenvalue weighted by Gasteiger charge is -2.17. The molecule has 24 heavy (non-hydrogen) atoms. The van der Waals surface area contributed by atoms with Gasteiger partial charge >= 0.3 is 5.97 Å². The summed E-state index contributed by atoms with van der Waals surface area (Å²) in [6, 6.07) is 12.8. The van der Waals surface area contributed by atoms with Crippen LogP contribution in [0.3, 0.4) is 0 Å². The molecule has 0 radical (unpaired) electrons. The Balaban J connectivity index is 2.23. The molecule has 0 aliphatic carbocycles. The maximum atomic E-state index is 11.3. The molecule has 0 fully saturated rings. The van der Waals surface area contributed by atoms with Crippen LogP contribution in [0.2, 0.25) is 0 Å². The Kier molecular flexibility index (Phi) is 4.08. The number of carbonyl (C=O) groups is 1. The highest BCUT2D eigenvalue weighted by Gasteiger charge is 2.16. The third kappa shape index (κ3) is 3.01. The van der Waals surface area contributed by atoms with Crippen LogP contribution in [0.1, 0.15) is 16.8 Å². The molecule has 0 bridgehead atoms. The predicted octanol–water partition coefficient (Wildman–Crippen LogP) is 3.93. The first kappa shape index (κ1) is 15.8. The summed E-state index contributed by atoms with van der Waals surface area (Å²) in [5.74, 6) is -0.813. The first-order chi connectivity index (χ1) is 11.5. The maximum absolute atomic E-state index is 11.3. The summed E-state index contributed by atoms with van der Waals surface area (Å²) in [6.45, 7) is 3.73. The number of fused-ring (bicyclic) bond motifs is 1. The van der Waals surface area contributed by atoms with E-state index in [1.807, 2.05) is 43.3 Å².